The second kappa shape index (κ2) is 4.49. The van der Waals surface area contributed by atoms with Crippen LogP contribution in [0, 0.1) is 12.1 Å². The third-order valence-corrected chi connectivity index (χ3v) is 3.49. The minimum Gasteiger partial charge on any atom is -0.618 e. The average Bonchev–Trinajstić information content (AvgIpc) is 2.71. The van der Waals surface area contributed by atoms with E-state index in [9.17, 15) is 10.0 Å². The summed E-state index contributed by atoms with van der Waals surface area (Å²) in [6.07, 6.45) is 0. The van der Waals surface area contributed by atoms with Crippen molar-refractivity contribution in [3.05, 3.63) is 64.4 Å². The van der Waals surface area contributed by atoms with Gasteiger partial charge in [0, 0.05) is 0 Å². The number of fused-ring (bicyclic) bond motifs is 1. The van der Waals surface area contributed by atoms with Crippen molar-refractivity contribution >= 4 is 17.2 Å². The van der Waals surface area contributed by atoms with Gasteiger partial charge in [-0.25, -0.2) is 0 Å². The summed E-state index contributed by atoms with van der Waals surface area (Å²) in [4.78, 5) is 12.4. The molecule has 0 aliphatic carbocycles. The van der Waals surface area contributed by atoms with Gasteiger partial charge in [-0.3, -0.25) is 4.79 Å². The van der Waals surface area contributed by atoms with Crippen LogP contribution in [0.25, 0.3) is 0 Å². The van der Waals surface area contributed by atoms with Gasteiger partial charge in [0.05, 0.1) is 18.7 Å². The van der Waals surface area contributed by atoms with Gasteiger partial charge in [0.1, 0.15) is 11.3 Å². The van der Waals surface area contributed by atoms with Crippen LogP contribution in [0.2, 0.25) is 0 Å². The molecule has 0 radical (unpaired) electrons. The van der Waals surface area contributed by atoms with E-state index in [4.69, 9.17) is 4.74 Å². The summed E-state index contributed by atoms with van der Waals surface area (Å²) in [6, 6.07) is 12.3. The van der Waals surface area contributed by atoms with E-state index < -0.39 is 0 Å². The number of aryl methyl sites for hydroxylation is 1. The van der Waals surface area contributed by atoms with Crippen molar-refractivity contribution in [2.24, 2.45) is 0 Å². The van der Waals surface area contributed by atoms with Crippen molar-refractivity contribution in [3.63, 3.8) is 0 Å². The first-order valence-corrected chi connectivity index (χ1v) is 6.26. The molecular weight excluding hydrogens is 254 g/mol. The monoisotopic (exact) mass is 267 g/mol. The van der Waals surface area contributed by atoms with E-state index in [1.165, 1.54) is 7.11 Å². The number of carbonyl (C=O) groups excluding carboxylic acids is 1. The Bertz CT molecular complexity index is 747. The van der Waals surface area contributed by atoms with Gasteiger partial charge in [0.2, 0.25) is 5.69 Å². The molecule has 0 fully saturated rings. The summed E-state index contributed by atoms with van der Waals surface area (Å²) >= 11 is 0. The fourth-order valence-electron chi connectivity index (χ4n) is 2.41. The predicted molar refractivity (Wildman–Crippen MR) is 75.9 cm³/mol. The van der Waals surface area contributed by atoms with Crippen LogP contribution in [0.15, 0.2) is 42.5 Å². The number of carbonyl (C=O) groups is 1. The molecule has 4 heteroatoms. The largest absolute Gasteiger partial charge is 0.618 e. The molecule has 0 spiro atoms. The molecule has 4 nitrogen and oxygen atoms in total. The molecule has 0 bridgehead atoms. The Labute approximate surface area is 116 Å². The van der Waals surface area contributed by atoms with E-state index in [-0.39, 0.29) is 11.5 Å². The first kappa shape index (κ1) is 12.4. The van der Waals surface area contributed by atoms with Crippen molar-refractivity contribution in [2.75, 3.05) is 7.11 Å². The van der Waals surface area contributed by atoms with Crippen molar-refractivity contribution in [3.8, 4) is 5.75 Å². The molecule has 2 aromatic carbocycles. The summed E-state index contributed by atoms with van der Waals surface area (Å²) in [7, 11) is 1.53. The Balaban J connectivity index is 2.21. The maximum absolute atomic E-state index is 12.4. The number of rotatable bonds is 2. The molecule has 100 valence electrons. The van der Waals surface area contributed by atoms with Crippen LogP contribution in [-0.4, -0.2) is 23.3 Å². The highest BCUT2D eigenvalue weighted by Crippen LogP contribution is 2.32. The molecule has 20 heavy (non-hydrogen) atoms. The molecule has 0 saturated carbocycles. The highest BCUT2D eigenvalue weighted by atomic mass is 16.5. The lowest BCUT2D eigenvalue weighted by Crippen LogP contribution is -2.17. The van der Waals surface area contributed by atoms with Crippen molar-refractivity contribution in [1.29, 1.82) is 0 Å². The second-order valence-electron chi connectivity index (χ2n) is 4.67. The molecule has 1 heterocycles. The smallest absolute Gasteiger partial charge is 0.273 e. The lowest BCUT2D eigenvalue weighted by atomic mass is 9.99. The van der Waals surface area contributed by atoms with Crippen LogP contribution in [0.5, 0.6) is 5.75 Å². The van der Waals surface area contributed by atoms with Crippen molar-refractivity contribution < 1.29 is 14.3 Å². The fourth-order valence-corrected chi connectivity index (χ4v) is 2.41. The number of nitrogens with zero attached hydrogens (tertiary/aromatic N) is 1. The normalized spacial score (nSPS) is 13.6. The van der Waals surface area contributed by atoms with E-state index >= 15 is 0 Å². The van der Waals surface area contributed by atoms with E-state index in [1.54, 1.807) is 24.3 Å². The maximum Gasteiger partial charge on any atom is 0.273 e. The van der Waals surface area contributed by atoms with Crippen LogP contribution < -0.4 is 4.74 Å². The average molecular weight is 267 g/mol. The minimum absolute atomic E-state index is 0.173. The molecule has 0 atom stereocenters. The Morgan fingerprint density at radius 3 is 2.55 bits per heavy atom. The van der Waals surface area contributed by atoms with Crippen LogP contribution >= 0.6 is 0 Å². The first-order chi connectivity index (χ1) is 9.63. The van der Waals surface area contributed by atoms with Gasteiger partial charge in [-0.05, 0) is 30.7 Å². The second-order valence-corrected chi connectivity index (χ2v) is 4.67. The number of hydrogen-bond acceptors (Lipinski definition) is 3. The zero-order valence-electron chi connectivity index (χ0n) is 11.2. The molecular formula is C16H13NO3. The van der Waals surface area contributed by atoms with Gasteiger partial charge in [-0.1, -0.05) is 18.2 Å². The number of ether oxygens (including phenoxy) is 1. The zero-order valence-corrected chi connectivity index (χ0v) is 11.2. The number of Topliss-reactive ketones (excluding diaryl/α,β-unsaturated/α-hetero) is 1. The van der Waals surface area contributed by atoms with Crippen LogP contribution in [-0.2, 0) is 0 Å². The third kappa shape index (κ3) is 1.69. The quantitative estimate of drug-likeness (QED) is 0.621. The summed E-state index contributed by atoms with van der Waals surface area (Å²) < 4.78 is 5.80. The lowest BCUT2D eigenvalue weighted by Gasteiger charge is -2.05. The Morgan fingerprint density at radius 1 is 1.10 bits per heavy atom. The van der Waals surface area contributed by atoms with E-state index in [0.717, 1.165) is 5.56 Å². The number of hydrogen-bond donors (Lipinski definition) is 0. The molecule has 2 aromatic rings. The van der Waals surface area contributed by atoms with Gasteiger partial charge in [0.25, 0.3) is 11.5 Å². The van der Waals surface area contributed by atoms with E-state index in [1.807, 2.05) is 25.1 Å². The third-order valence-electron chi connectivity index (χ3n) is 3.49. The van der Waals surface area contributed by atoms with Crippen molar-refractivity contribution in [2.45, 2.75) is 6.92 Å². The summed E-state index contributed by atoms with van der Waals surface area (Å²) in [5.41, 5.74) is 2.50. The SMILES string of the molecule is COc1ccc2c(c1)[N+]([O-])=C(c1ccccc1C)C2=O. The standard InChI is InChI=1S/C16H13NO3/c1-10-5-3-4-6-12(10)15-16(18)13-8-7-11(20-2)9-14(13)17(15)19/h3-9H,1-2H3. The topological polar surface area (TPSA) is 52.4 Å². The van der Waals surface area contributed by atoms with Crippen LogP contribution in [0.3, 0.4) is 0 Å². The molecule has 0 saturated heterocycles. The number of methoxy groups -OCH3 is 1. The molecule has 1 aliphatic rings. The molecule has 0 N–H and O–H groups in total. The summed E-state index contributed by atoms with van der Waals surface area (Å²) in [6.45, 7) is 1.88. The van der Waals surface area contributed by atoms with Gasteiger partial charge >= 0.3 is 0 Å². The Morgan fingerprint density at radius 2 is 1.85 bits per heavy atom. The molecule has 0 amide bonds. The van der Waals surface area contributed by atoms with Crippen LogP contribution in [0.1, 0.15) is 21.5 Å². The van der Waals surface area contributed by atoms with Gasteiger partial charge in [-0.2, -0.15) is 4.74 Å². The van der Waals surface area contributed by atoms with E-state index in [0.29, 0.717) is 27.3 Å². The first-order valence-electron chi connectivity index (χ1n) is 6.26. The Hall–Kier alpha value is -2.62. The molecule has 3 rings (SSSR count). The number of ketones is 1. The van der Waals surface area contributed by atoms with Gasteiger partial charge in [-0.15, -0.1) is 0 Å². The molecule has 0 unspecified atom stereocenters. The van der Waals surface area contributed by atoms with E-state index in [2.05, 4.69) is 0 Å². The maximum atomic E-state index is 12.4. The number of benzene rings is 2. The Kier molecular flexibility index (Phi) is 2.79. The molecule has 0 aromatic heterocycles. The summed E-state index contributed by atoms with van der Waals surface area (Å²) in [5.74, 6) is 0.315. The fraction of sp³-hybridized carbons (Fsp3) is 0.125. The highest BCUT2D eigenvalue weighted by molar-refractivity contribution is 6.52. The highest BCUT2D eigenvalue weighted by Gasteiger charge is 2.37. The molecule has 1 aliphatic heterocycles. The van der Waals surface area contributed by atoms with Crippen LogP contribution in [0.4, 0.5) is 5.69 Å². The van der Waals surface area contributed by atoms with Gasteiger partial charge < -0.3 is 9.94 Å². The minimum atomic E-state index is -0.244. The lowest BCUT2D eigenvalue weighted by molar-refractivity contribution is -0.355. The van der Waals surface area contributed by atoms with Crippen molar-refractivity contribution in [1.82, 2.24) is 0 Å². The summed E-state index contributed by atoms with van der Waals surface area (Å²) in [5, 5.41) is 12.4. The predicted octanol–water partition coefficient (Wildman–Crippen LogP) is 2.83. The zero-order chi connectivity index (χ0) is 14.3. The van der Waals surface area contributed by atoms with Gasteiger partial charge in [0.15, 0.2) is 0 Å².